The Balaban J connectivity index is 1.97. The van der Waals surface area contributed by atoms with Crippen LogP contribution in [0.3, 0.4) is 0 Å². The largest absolute Gasteiger partial charge is 0.323 e. The summed E-state index contributed by atoms with van der Waals surface area (Å²) in [5, 5.41) is 8.29. The Hall–Kier alpha value is -1.47. The molecule has 2 rings (SSSR count). The van der Waals surface area contributed by atoms with Gasteiger partial charge in [-0.05, 0) is 0 Å². The number of piperazine rings is 2. The molecule has 0 radical (unpaired) electrons. The lowest BCUT2D eigenvalue weighted by Gasteiger charge is -2.31. The van der Waals surface area contributed by atoms with Gasteiger partial charge in [0.05, 0.1) is 6.04 Å². The van der Waals surface area contributed by atoms with Gasteiger partial charge < -0.3 is 15.5 Å². The third-order valence-electron chi connectivity index (χ3n) is 2.60. The fourth-order valence-electron chi connectivity index (χ4n) is 1.84. The monoisotopic (exact) mass is 226 g/mol. The van der Waals surface area contributed by atoms with E-state index in [-0.39, 0.29) is 25.0 Å². The highest BCUT2D eigenvalue weighted by Crippen LogP contribution is 2.00. The second-order valence-electron chi connectivity index (χ2n) is 3.88. The lowest BCUT2D eigenvalue weighted by atomic mass is 10.2. The molecule has 1 atom stereocenters. The molecule has 0 aromatic rings. The number of rotatable bonds is 1. The van der Waals surface area contributed by atoms with Crippen molar-refractivity contribution in [1.29, 1.82) is 0 Å². The molecule has 88 valence electrons. The fourth-order valence-corrected chi connectivity index (χ4v) is 1.84. The summed E-state index contributed by atoms with van der Waals surface area (Å²) in [5.74, 6) is -1.04. The molecule has 0 saturated carbocycles. The molecular formula is C9H14N4O3. The van der Waals surface area contributed by atoms with Gasteiger partial charge in [-0.25, -0.2) is 0 Å². The Morgan fingerprint density at radius 2 is 1.88 bits per heavy atom. The van der Waals surface area contributed by atoms with Crippen molar-refractivity contribution in [3.8, 4) is 0 Å². The lowest BCUT2D eigenvalue weighted by molar-refractivity contribution is -0.146. The van der Waals surface area contributed by atoms with Crippen LogP contribution in [0.15, 0.2) is 0 Å². The Morgan fingerprint density at radius 1 is 1.19 bits per heavy atom. The van der Waals surface area contributed by atoms with Crippen molar-refractivity contribution >= 4 is 17.7 Å². The first-order valence-electron chi connectivity index (χ1n) is 5.22. The van der Waals surface area contributed by atoms with Crippen LogP contribution in [0.5, 0.6) is 0 Å². The summed E-state index contributed by atoms with van der Waals surface area (Å²) in [6, 6.07) is -0.340. The summed E-state index contributed by atoms with van der Waals surface area (Å²) >= 11 is 0. The highest BCUT2D eigenvalue weighted by Gasteiger charge is 2.31. The van der Waals surface area contributed by atoms with Gasteiger partial charge in [-0.15, -0.1) is 0 Å². The first-order chi connectivity index (χ1) is 7.66. The van der Waals surface area contributed by atoms with Crippen LogP contribution in [0.1, 0.15) is 0 Å². The predicted octanol–water partition coefficient (Wildman–Crippen LogP) is -2.97. The van der Waals surface area contributed by atoms with Gasteiger partial charge in [0.25, 0.3) is 0 Å². The van der Waals surface area contributed by atoms with E-state index in [1.165, 1.54) is 4.90 Å². The molecule has 1 unspecified atom stereocenters. The highest BCUT2D eigenvalue weighted by molar-refractivity contribution is 6.03. The van der Waals surface area contributed by atoms with E-state index in [0.29, 0.717) is 13.1 Å². The zero-order valence-corrected chi connectivity index (χ0v) is 8.78. The summed E-state index contributed by atoms with van der Waals surface area (Å²) in [5.41, 5.74) is 0. The average molecular weight is 226 g/mol. The number of carbonyl (C=O) groups excluding carboxylic acids is 3. The molecule has 3 N–H and O–H groups in total. The van der Waals surface area contributed by atoms with Gasteiger partial charge in [0.1, 0.15) is 13.1 Å². The molecule has 16 heavy (non-hydrogen) atoms. The molecular weight excluding hydrogens is 212 g/mol. The summed E-state index contributed by atoms with van der Waals surface area (Å²) in [6.45, 7) is 1.99. The number of carbonyl (C=O) groups is 3. The van der Waals surface area contributed by atoms with Crippen LogP contribution < -0.4 is 16.0 Å². The van der Waals surface area contributed by atoms with E-state index in [1.54, 1.807) is 0 Å². The van der Waals surface area contributed by atoms with Gasteiger partial charge >= 0.3 is 0 Å². The van der Waals surface area contributed by atoms with Gasteiger partial charge in [0.2, 0.25) is 17.7 Å². The highest BCUT2D eigenvalue weighted by atomic mass is 16.2. The van der Waals surface area contributed by atoms with E-state index in [4.69, 9.17) is 0 Å². The predicted molar refractivity (Wildman–Crippen MR) is 54.4 cm³/mol. The second kappa shape index (κ2) is 4.58. The van der Waals surface area contributed by atoms with Gasteiger partial charge in [0.15, 0.2) is 0 Å². The van der Waals surface area contributed by atoms with Crippen molar-refractivity contribution in [3.05, 3.63) is 0 Å². The summed E-state index contributed by atoms with van der Waals surface area (Å²) in [7, 11) is 0. The number of hydrogen-bond donors (Lipinski definition) is 3. The molecule has 0 spiro atoms. The third-order valence-corrected chi connectivity index (χ3v) is 2.60. The van der Waals surface area contributed by atoms with E-state index in [1.807, 2.05) is 0 Å². The molecule has 0 bridgehead atoms. The minimum absolute atomic E-state index is 0.0389. The normalized spacial score (nSPS) is 26.5. The molecule has 0 aromatic heterocycles. The third kappa shape index (κ3) is 2.37. The quantitative estimate of drug-likeness (QED) is 0.415. The lowest BCUT2D eigenvalue weighted by Crippen LogP contribution is -2.61. The SMILES string of the molecule is O=C1CN(C(=O)C2CNCCN2)CC(=O)N1. The van der Waals surface area contributed by atoms with Crippen LogP contribution in [-0.4, -0.2) is 61.4 Å². The Bertz CT molecular complexity index is 309. The van der Waals surface area contributed by atoms with Gasteiger partial charge in [0, 0.05) is 19.6 Å². The van der Waals surface area contributed by atoms with E-state index in [2.05, 4.69) is 16.0 Å². The van der Waals surface area contributed by atoms with E-state index in [0.717, 1.165) is 6.54 Å². The molecule has 3 amide bonds. The maximum Gasteiger partial charge on any atom is 0.246 e. The van der Waals surface area contributed by atoms with Gasteiger partial charge in [-0.3, -0.25) is 19.7 Å². The van der Waals surface area contributed by atoms with E-state index < -0.39 is 11.8 Å². The van der Waals surface area contributed by atoms with Crippen LogP contribution in [0.25, 0.3) is 0 Å². The van der Waals surface area contributed by atoms with E-state index >= 15 is 0 Å². The molecule has 7 nitrogen and oxygen atoms in total. The van der Waals surface area contributed by atoms with Crippen LogP contribution in [-0.2, 0) is 14.4 Å². The van der Waals surface area contributed by atoms with E-state index in [9.17, 15) is 14.4 Å². The van der Waals surface area contributed by atoms with Crippen LogP contribution in [0.4, 0.5) is 0 Å². The van der Waals surface area contributed by atoms with Crippen molar-refractivity contribution in [3.63, 3.8) is 0 Å². The summed E-state index contributed by atoms with van der Waals surface area (Å²) in [4.78, 5) is 35.4. The van der Waals surface area contributed by atoms with Gasteiger partial charge in [-0.1, -0.05) is 0 Å². The maximum absolute atomic E-state index is 11.9. The Kier molecular flexibility index (Phi) is 3.16. The Labute approximate surface area is 92.5 Å². The first kappa shape index (κ1) is 11.0. The molecule has 2 aliphatic heterocycles. The second-order valence-corrected chi connectivity index (χ2v) is 3.88. The summed E-state index contributed by atoms with van der Waals surface area (Å²) < 4.78 is 0. The fraction of sp³-hybridized carbons (Fsp3) is 0.667. The van der Waals surface area contributed by atoms with Crippen molar-refractivity contribution in [1.82, 2.24) is 20.9 Å². The molecule has 2 heterocycles. The van der Waals surface area contributed by atoms with Crippen molar-refractivity contribution in [2.45, 2.75) is 6.04 Å². The number of nitrogens with zero attached hydrogens (tertiary/aromatic N) is 1. The zero-order chi connectivity index (χ0) is 11.5. The Morgan fingerprint density at radius 3 is 2.44 bits per heavy atom. The number of hydrogen-bond acceptors (Lipinski definition) is 5. The van der Waals surface area contributed by atoms with Crippen LogP contribution in [0, 0.1) is 0 Å². The number of nitrogens with one attached hydrogen (secondary N) is 3. The van der Waals surface area contributed by atoms with Gasteiger partial charge in [-0.2, -0.15) is 0 Å². The number of imide groups is 1. The molecule has 2 aliphatic rings. The summed E-state index contributed by atoms with van der Waals surface area (Å²) in [6.07, 6.45) is 0. The molecule has 2 saturated heterocycles. The minimum atomic E-state index is -0.423. The standard InChI is InChI=1S/C9H14N4O3/c14-7-4-13(5-8(15)12-7)9(16)6-3-10-1-2-11-6/h6,10-11H,1-5H2,(H,12,14,15). The van der Waals surface area contributed by atoms with Crippen molar-refractivity contribution < 1.29 is 14.4 Å². The minimum Gasteiger partial charge on any atom is -0.323 e. The zero-order valence-electron chi connectivity index (χ0n) is 8.78. The van der Waals surface area contributed by atoms with Crippen molar-refractivity contribution in [2.75, 3.05) is 32.7 Å². The molecule has 0 aliphatic carbocycles. The topological polar surface area (TPSA) is 90.5 Å². The molecule has 7 heteroatoms. The van der Waals surface area contributed by atoms with Crippen molar-refractivity contribution in [2.24, 2.45) is 0 Å². The first-order valence-corrected chi connectivity index (χ1v) is 5.22. The average Bonchev–Trinajstić information content (AvgIpc) is 2.28. The smallest absolute Gasteiger partial charge is 0.246 e. The molecule has 0 aromatic carbocycles. The molecule has 2 fully saturated rings. The van der Waals surface area contributed by atoms with Crippen LogP contribution in [0.2, 0.25) is 0 Å². The van der Waals surface area contributed by atoms with Crippen LogP contribution >= 0.6 is 0 Å². The number of amides is 3. The maximum atomic E-state index is 11.9.